The average Bonchev–Trinajstić information content (AvgIpc) is 2.82. The van der Waals surface area contributed by atoms with Crippen molar-refractivity contribution < 1.29 is 14.3 Å². The Morgan fingerprint density at radius 1 is 1.19 bits per heavy atom. The van der Waals surface area contributed by atoms with E-state index in [-0.39, 0.29) is 0 Å². The number of furan rings is 1. The molecule has 3 aromatic rings. The molecule has 4 heteroatoms. The second kappa shape index (κ2) is 5.43. The van der Waals surface area contributed by atoms with Crippen molar-refractivity contribution in [2.75, 3.05) is 7.11 Å². The Kier molecular flexibility index (Phi) is 3.62. The number of methoxy groups -OCH3 is 1. The lowest BCUT2D eigenvalue weighted by atomic mass is 9.98. The molecule has 0 spiro atoms. The van der Waals surface area contributed by atoms with E-state index in [1.54, 1.807) is 25.3 Å². The molecule has 0 saturated heterocycles. The summed E-state index contributed by atoms with van der Waals surface area (Å²) in [5, 5.41) is 12.2. The van der Waals surface area contributed by atoms with Crippen molar-refractivity contribution in [3.05, 3.63) is 64.4 Å². The van der Waals surface area contributed by atoms with Crippen molar-refractivity contribution in [3.8, 4) is 5.75 Å². The van der Waals surface area contributed by atoms with E-state index in [1.165, 1.54) is 0 Å². The molecule has 108 valence electrons. The lowest BCUT2D eigenvalue weighted by Crippen LogP contribution is -2.03. The minimum absolute atomic E-state index is 0.551. The first-order valence-corrected chi connectivity index (χ1v) is 6.99. The highest BCUT2D eigenvalue weighted by molar-refractivity contribution is 6.30. The van der Waals surface area contributed by atoms with Crippen LogP contribution >= 0.6 is 11.6 Å². The Labute approximate surface area is 127 Å². The highest BCUT2D eigenvalue weighted by Gasteiger charge is 2.23. The maximum Gasteiger partial charge on any atom is 0.134 e. The van der Waals surface area contributed by atoms with Crippen molar-refractivity contribution in [2.45, 2.75) is 13.0 Å². The smallest absolute Gasteiger partial charge is 0.134 e. The van der Waals surface area contributed by atoms with Crippen LogP contribution in [0.5, 0.6) is 5.75 Å². The predicted molar refractivity (Wildman–Crippen MR) is 83.0 cm³/mol. The molecule has 0 amide bonds. The number of aliphatic hydroxyl groups is 1. The maximum atomic E-state index is 10.8. The Morgan fingerprint density at radius 2 is 1.95 bits per heavy atom. The number of ether oxygens (including phenoxy) is 1. The minimum Gasteiger partial charge on any atom is -0.496 e. The van der Waals surface area contributed by atoms with Gasteiger partial charge in [0.2, 0.25) is 0 Å². The van der Waals surface area contributed by atoms with Crippen LogP contribution in [0.2, 0.25) is 5.02 Å². The van der Waals surface area contributed by atoms with Crippen LogP contribution in [0.3, 0.4) is 0 Å². The van der Waals surface area contributed by atoms with E-state index in [1.807, 2.05) is 31.2 Å². The summed E-state index contributed by atoms with van der Waals surface area (Å²) in [5.41, 5.74) is 2.12. The molecule has 0 bridgehead atoms. The molecular formula is C17H15ClO3. The average molecular weight is 303 g/mol. The van der Waals surface area contributed by atoms with Gasteiger partial charge in [0.25, 0.3) is 0 Å². The van der Waals surface area contributed by atoms with Crippen LogP contribution in [0, 0.1) is 6.92 Å². The van der Waals surface area contributed by atoms with Crippen molar-refractivity contribution in [1.82, 2.24) is 0 Å². The van der Waals surface area contributed by atoms with Gasteiger partial charge >= 0.3 is 0 Å². The largest absolute Gasteiger partial charge is 0.496 e. The second-order valence-electron chi connectivity index (χ2n) is 4.86. The normalized spacial score (nSPS) is 12.6. The molecule has 3 nitrogen and oxygen atoms in total. The third-order valence-corrected chi connectivity index (χ3v) is 3.81. The van der Waals surface area contributed by atoms with Gasteiger partial charge in [-0.1, -0.05) is 29.8 Å². The lowest BCUT2D eigenvalue weighted by molar-refractivity contribution is 0.214. The molecule has 0 radical (unpaired) electrons. The number of halogens is 1. The third kappa shape index (κ3) is 2.39. The summed E-state index contributed by atoms with van der Waals surface area (Å²) in [6.07, 6.45) is -0.859. The molecule has 1 unspecified atom stereocenters. The molecule has 0 saturated carbocycles. The SMILES string of the molecule is COc1ccc(Cl)cc1C(O)c1c(C)oc2ccccc12. The summed E-state index contributed by atoms with van der Waals surface area (Å²) in [6.45, 7) is 1.84. The zero-order chi connectivity index (χ0) is 15.0. The van der Waals surface area contributed by atoms with Crippen LogP contribution in [0.15, 0.2) is 46.9 Å². The molecule has 1 atom stereocenters. The van der Waals surface area contributed by atoms with Crippen molar-refractivity contribution in [1.29, 1.82) is 0 Å². The molecule has 0 aliphatic rings. The highest BCUT2D eigenvalue weighted by atomic mass is 35.5. The fourth-order valence-corrected chi connectivity index (χ4v) is 2.78. The molecule has 0 fully saturated rings. The van der Waals surface area contributed by atoms with Gasteiger partial charge in [0.1, 0.15) is 23.2 Å². The van der Waals surface area contributed by atoms with Gasteiger partial charge in [-0.05, 0) is 31.2 Å². The van der Waals surface area contributed by atoms with Crippen LogP contribution in [0.4, 0.5) is 0 Å². The van der Waals surface area contributed by atoms with Crippen molar-refractivity contribution in [2.24, 2.45) is 0 Å². The van der Waals surface area contributed by atoms with E-state index in [2.05, 4.69) is 0 Å². The van der Waals surface area contributed by atoms with Gasteiger partial charge in [-0.2, -0.15) is 0 Å². The van der Waals surface area contributed by atoms with E-state index < -0.39 is 6.10 Å². The van der Waals surface area contributed by atoms with Gasteiger partial charge < -0.3 is 14.3 Å². The monoisotopic (exact) mass is 302 g/mol. The Bertz CT molecular complexity index is 792. The van der Waals surface area contributed by atoms with E-state index in [9.17, 15) is 5.11 Å². The molecule has 0 aliphatic heterocycles. The summed E-state index contributed by atoms with van der Waals surface area (Å²) in [7, 11) is 1.57. The zero-order valence-electron chi connectivity index (χ0n) is 11.8. The first-order chi connectivity index (χ1) is 10.1. The molecule has 1 heterocycles. The quantitative estimate of drug-likeness (QED) is 0.775. The first-order valence-electron chi connectivity index (χ1n) is 6.61. The zero-order valence-corrected chi connectivity index (χ0v) is 12.5. The maximum absolute atomic E-state index is 10.8. The van der Waals surface area contributed by atoms with Crippen molar-refractivity contribution in [3.63, 3.8) is 0 Å². The Morgan fingerprint density at radius 3 is 2.71 bits per heavy atom. The van der Waals surface area contributed by atoms with E-state index in [0.717, 1.165) is 16.5 Å². The Balaban J connectivity index is 2.19. The number of fused-ring (bicyclic) bond motifs is 1. The molecular weight excluding hydrogens is 288 g/mol. The molecule has 21 heavy (non-hydrogen) atoms. The third-order valence-electron chi connectivity index (χ3n) is 3.58. The van der Waals surface area contributed by atoms with Crippen LogP contribution in [-0.4, -0.2) is 12.2 Å². The van der Waals surface area contributed by atoms with Crippen LogP contribution in [0.25, 0.3) is 11.0 Å². The summed E-state index contributed by atoms with van der Waals surface area (Å²) in [6, 6.07) is 12.8. The summed E-state index contributed by atoms with van der Waals surface area (Å²) < 4.78 is 11.0. The van der Waals surface area contributed by atoms with Gasteiger partial charge in [-0.25, -0.2) is 0 Å². The second-order valence-corrected chi connectivity index (χ2v) is 5.29. The lowest BCUT2D eigenvalue weighted by Gasteiger charge is -2.15. The predicted octanol–water partition coefficient (Wildman–Crippen LogP) is 4.48. The van der Waals surface area contributed by atoms with Gasteiger partial charge in [0, 0.05) is 21.5 Å². The van der Waals surface area contributed by atoms with E-state index >= 15 is 0 Å². The number of hydrogen-bond acceptors (Lipinski definition) is 3. The van der Waals surface area contributed by atoms with Gasteiger partial charge in [-0.15, -0.1) is 0 Å². The number of aryl methyl sites for hydroxylation is 1. The van der Waals surface area contributed by atoms with Gasteiger partial charge in [-0.3, -0.25) is 0 Å². The summed E-state index contributed by atoms with van der Waals surface area (Å²) in [4.78, 5) is 0. The van der Waals surface area contributed by atoms with E-state index in [4.69, 9.17) is 20.8 Å². The molecule has 2 aromatic carbocycles. The highest BCUT2D eigenvalue weighted by Crippen LogP contribution is 2.38. The van der Waals surface area contributed by atoms with Crippen LogP contribution in [-0.2, 0) is 0 Å². The van der Waals surface area contributed by atoms with E-state index in [0.29, 0.717) is 22.1 Å². The number of hydrogen-bond donors (Lipinski definition) is 1. The molecule has 1 N–H and O–H groups in total. The van der Waals surface area contributed by atoms with Crippen LogP contribution in [0.1, 0.15) is 23.0 Å². The van der Waals surface area contributed by atoms with Gasteiger partial charge in [0.15, 0.2) is 0 Å². The number of rotatable bonds is 3. The number of aliphatic hydroxyl groups excluding tert-OH is 1. The molecule has 1 aromatic heterocycles. The molecule has 0 aliphatic carbocycles. The fraction of sp³-hybridized carbons (Fsp3) is 0.176. The summed E-state index contributed by atoms with van der Waals surface area (Å²) >= 11 is 6.05. The fourth-order valence-electron chi connectivity index (χ4n) is 2.60. The first kappa shape index (κ1) is 14.0. The topological polar surface area (TPSA) is 42.6 Å². The number of benzene rings is 2. The van der Waals surface area contributed by atoms with Crippen molar-refractivity contribution >= 4 is 22.6 Å². The van der Waals surface area contributed by atoms with Crippen LogP contribution < -0.4 is 4.74 Å². The molecule has 3 rings (SSSR count). The van der Waals surface area contributed by atoms with Gasteiger partial charge in [0.05, 0.1) is 7.11 Å². The number of para-hydroxylation sites is 1. The Hall–Kier alpha value is -1.97. The summed E-state index contributed by atoms with van der Waals surface area (Å²) in [5.74, 6) is 1.28. The standard InChI is InChI=1S/C17H15ClO3/c1-10-16(12-5-3-4-6-15(12)21-10)17(19)13-9-11(18)7-8-14(13)20-2/h3-9,17,19H,1-2H3. The minimum atomic E-state index is -0.859.